The molecule has 0 fully saturated rings. The maximum atomic E-state index is 13.2. The Morgan fingerprint density at radius 2 is 1.93 bits per heavy atom. The largest absolute Gasteiger partial charge is 0.354 e. The van der Waals surface area contributed by atoms with E-state index in [1.807, 2.05) is 48.5 Å². The van der Waals surface area contributed by atoms with Crippen molar-refractivity contribution in [3.8, 4) is 16.1 Å². The van der Waals surface area contributed by atoms with E-state index in [0.717, 1.165) is 46.2 Å². The highest BCUT2D eigenvalue weighted by Crippen LogP contribution is 2.32. The van der Waals surface area contributed by atoms with E-state index < -0.39 is 0 Å². The van der Waals surface area contributed by atoms with Gasteiger partial charge >= 0.3 is 0 Å². The topological polar surface area (TPSA) is 64.7 Å². The summed E-state index contributed by atoms with van der Waals surface area (Å²) in [5.74, 6) is 0.879. The molecule has 0 unspecified atom stereocenters. The van der Waals surface area contributed by atoms with Crippen molar-refractivity contribution in [2.24, 2.45) is 0 Å². The first-order valence-corrected chi connectivity index (χ1v) is 10.4. The van der Waals surface area contributed by atoms with Crippen molar-refractivity contribution in [3.05, 3.63) is 70.2 Å². The van der Waals surface area contributed by atoms with Crippen LogP contribution in [0.15, 0.2) is 59.7 Å². The first-order chi connectivity index (χ1) is 14.2. The maximum Gasteiger partial charge on any atom is 0.275 e. The molecule has 0 spiro atoms. The molecular weight excluding hydrogens is 406 g/mol. The first-order valence-electron chi connectivity index (χ1n) is 9.19. The third-order valence-electron chi connectivity index (χ3n) is 5.20. The van der Waals surface area contributed by atoms with Crippen LogP contribution in [0, 0.1) is 0 Å². The van der Waals surface area contributed by atoms with Gasteiger partial charge in [0.2, 0.25) is 5.95 Å². The summed E-state index contributed by atoms with van der Waals surface area (Å²) < 4.78 is 4.38. The van der Waals surface area contributed by atoms with Gasteiger partial charge in [0.05, 0.1) is 22.2 Å². The molecule has 4 heterocycles. The zero-order valence-electron chi connectivity index (χ0n) is 15.1. The van der Waals surface area contributed by atoms with Crippen LogP contribution >= 0.6 is 22.9 Å². The lowest BCUT2D eigenvalue weighted by Crippen LogP contribution is -2.17. The molecule has 0 bridgehead atoms. The minimum atomic E-state index is -0.0705. The summed E-state index contributed by atoms with van der Waals surface area (Å²) in [5, 5.41) is 3.96. The van der Waals surface area contributed by atoms with E-state index in [9.17, 15) is 4.79 Å². The van der Waals surface area contributed by atoms with Gasteiger partial charge in [0.1, 0.15) is 11.0 Å². The summed E-state index contributed by atoms with van der Waals surface area (Å²) in [6.07, 6.45) is 1.60. The van der Waals surface area contributed by atoms with Crippen LogP contribution in [0.2, 0.25) is 5.02 Å². The van der Waals surface area contributed by atoms with E-state index in [2.05, 4.69) is 19.9 Å². The van der Waals surface area contributed by atoms with Gasteiger partial charge < -0.3 is 9.88 Å². The van der Waals surface area contributed by atoms with Crippen LogP contribution in [0.25, 0.3) is 37.4 Å². The molecule has 6 rings (SSSR count). The Bertz CT molecular complexity index is 1460. The number of hydrogen-bond acceptors (Lipinski definition) is 5. The van der Waals surface area contributed by atoms with E-state index in [1.165, 1.54) is 11.3 Å². The van der Waals surface area contributed by atoms with Crippen LogP contribution in [0.5, 0.6) is 0 Å². The molecule has 3 aromatic heterocycles. The van der Waals surface area contributed by atoms with Crippen molar-refractivity contribution in [2.75, 3.05) is 11.9 Å². The molecule has 0 aliphatic carbocycles. The second kappa shape index (κ2) is 6.17. The molecule has 8 heteroatoms. The number of nitrogens with one attached hydrogen (secondary N) is 1. The molecule has 0 amide bonds. The molecule has 1 N–H and O–H groups in total. The molecule has 1 aliphatic rings. The van der Waals surface area contributed by atoms with Gasteiger partial charge in [0.15, 0.2) is 0 Å². The predicted molar refractivity (Wildman–Crippen MR) is 117 cm³/mol. The van der Waals surface area contributed by atoms with E-state index in [0.29, 0.717) is 15.2 Å². The molecule has 1 aliphatic heterocycles. The van der Waals surface area contributed by atoms with E-state index >= 15 is 0 Å². The monoisotopic (exact) mass is 419 g/mol. The zero-order valence-corrected chi connectivity index (χ0v) is 16.7. The molecule has 2 aromatic carbocycles. The summed E-state index contributed by atoms with van der Waals surface area (Å²) in [5.41, 5.74) is 4.37. The average molecular weight is 420 g/mol. The van der Waals surface area contributed by atoms with Gasteiger partial charge in [-0.15, -0.1) is 11.3 Å². The number of benzene rings is 2. The van der Waals surface area contributed by atoms with Gasteiger partial charge in [0.25, 0.3) is 5.56 Å². The number of rotatable bonds is 2. The maximum absolute atomic E-state index is 13.2. The highest BCUT2D eigenvalue weighted by Gasteiger charge is 2.17. The van der Waals surface area contributed by atoms with Gasteiger partial charge in [-0.1, -0.05) is 23.7 Å². The standard InChI is InChI=1S/C21H14ClN5OS/c22-13-3-1-12(2-4-13)18-10-16-19(29-18)20(28)27(11-24-16)14-5-6-15-17(9-14)26-8-7-23-21(26)25-15/h1-6,9-11H,7-8H2,(H,23,25). The van der Waals surface area contributed by atoms with Crippen molar-refractivity contribution < 1.29 is 0 Å². The Labute approximate surface area is 174 Å². The van der Waals surface area contributed by atoms with Crippen LogP contribution in [0.4, 0.5) is 5.95 Å². The quantitative estimate of drug-likeness (QED) is 0.456. The number of imidazole rings is 1. The number of halogens is 1. The van der Waals surface area contributed by atoms with Crippen molar-refractivity contribution in [1.29, 1.82) is 0 Å². The Balaban J connectivity index is 1.50. The van der Waals surface area contributed by atoms with Crippen LogP contribution in [0.1, 0.15) is 0 Å². The summed E-state index contributed by atoms with van der Waals surface area (Å²) in [7, 11) is 0. The smallest absolute Gasteiger partial charge is 0.275 e. The SMILES string of the molecule is O=c1c2sc(-c3ccc(Cl)cc3)cc2ncn1-c1ccc2nc3n(c2c1)CCN3. The average Bonchev–Trinajstić information content (AvgIpc) is 3.43. The van der Waals surface area contributed by atoms with Crippen LogP contribution in [-0.4, -0.2) is 25.6 Å². The van der Waals surface area contributed by atoms with Gasteiger partial charge in [0, 0.05) is 23.0 Å². The van der Waals surface area contributed by atoms with E-state index in [4.69, 9.17) is 11.6 Å². The normalized spacial score (nSPS) is 13.1. The Kier molecular flexibility index (Phi) is 3.57. The molecule has 6 nitrogen and oxygen atoms in total. The number of anilines is 1. The summed E-state index contributed by atoms with van der Waals surface area (Å²) in [6.45, 7) is 1.75. The van der Waals surface area contributed by atoms with Gasteiger partial charge in [-0.3, -0.25) is 9.36 Å². The van der Waals surface area contributed by atoms with Crippen molar-refractivity contribution in [2.45, 2.75) is 6.54 Å². The lowest BCUT2D eigenvalue weighted by Gasteiger charge is -2.06. The Morgan fingerprint density at radius 3 is 2.79 bits per heavy atom. The minimum Gasteiger partial charge on any atom is -0.354 e. The Morgan fingerprint density at radius 1 is 1.07 bits per heavy atom. The fourth-order valence-electron chi connectivity index (χ4n) is 3.75. The number of nitrogens with zero attached hydrogens (tertiary/aromatic N) is 4. The number of thiophene rings is 1. The second-order valence-electron chi connectivity index (χ2n) is 6.94. The van der Waals surface area contributed by atoms with Gasteiger partial charge in [-0.25, -0.2) is 9.97 Å². The minimum absolute atomic E-state index is 0.0705. The van der Waals surface area contributed by atoms with Crippen LogP contribution < -0.4 is 10.9 Å². The van der Waals surface area contributed by atoms with Crippen molar-refractivity contribution in [3.63, 3.8) is 0 Å². The molecule has 0 radical (unpaired) electrons. The van der Waals surface area contributed by atoms with Gasteiger partial charge in [-0.2, -0.15) is 0 Å². The molecule has 0 atom stereocenters. The highest BCUT2D eigenvalue weighted by molar-refractivity contribution is 7.22. The van der Waals surface area contributed by atoms with Gasteiger partial charge in [-0.05, 0) is 42.0 Å². The fraction of sp³-hybridized carbons (Fsp3) is 0.0952. The van der Waals surface area contributed by atoms with Crippen molar-refractivity contribution in [1.82, 2.24) is 19.1 Å². The summed E-state index contributed by atoms with van der Waals surface area (Å²) >= 11 is 7.44. The highest BCUT2D eigenvalue weighted by atomic mass is 35.5. The van der Waals surface area contributed by atoms with Crippen LogP contribution in [0.3, 0.4) is 0 Å². The summed E-state index contributed by atoms with van der Waals surface area (Å²) in [6, 6.07) is 15.4. The Hall–Kier alpha value is -3.16. The lowest BCUT2D eigenvalue weighted by atomic mass is 10.2. The summed E-state index contributed by atoms with van der Waals surface area (Å²) in [4.78, 5) is 23.3. The fourth-order valence-corrected chi connectivity index (χ4v) is 4.93. The third-order valence-corrected chi connectivity index (χ3v) is 6.61. The molecule has 5 aromatic rings. The zero-order chi connectivity index (χ0) is 19.5. The predicted octanol–water partition coefficient (Wildman–Crippen LogP) is 4.54. The van der Waals surface area contributed by atoms with Crippen molar-refractivity contribution >= 4 is 50.1 Å². The molecule has 0 saturated carbocycles. The molecule has 0 saturated heterocycles. The molecule has 29 heavy (non-hydrogen) atoms. The van der Waals surface area contributed by atoms with Crippen LogP contribution in [-0.2, 0) is 6.54 Å². The van der Waals surface area contributed by atoms with E-state index in [-0.39, 0.29) is 5.56 Å². The lowest BCUT2D eigenvalue weighted by molar-refractivity contribution is 0.836. The molecular formula is C21H14ClN5OS. The third kappa shape index (κ3) is 2.58. The molecule has 142 valence electrons. The number of aromatic nitrogens is 4. The first kappa shape index (κ1) is 16.8. The number of fused-ring (bicyclic) bond motifs is 4. The number of hydrogen-bond donors (Lipinski definition) is 1. The van der Waals surface area contributed by atoms with E-state index in [1.54, 1.807) is 10.9 Å². The second-order valence-corrected chi connectivity index (χ2v) is 8.43.